The Morgan fingerprint density at radius 3 is 2.35 bits per heavy atom. The molecule has 18 heteroatoms. The molecule has 3 rings (SSSR count). The van der Waals surface area contributed by atoms with Gasteiger partial charge in [-0.3, -0.25) is 10.1 Å². The smallest absolute Gasteiger partial charge is 0.411 e. The number of nitrogens with one attached hydrogen (secondary N) is 2. The van der Waals surface area contributed by atoms with Gasteiger partial charge in [0.1, 0.15) is 19.0 Å². The van der Waals surface area contributed by atoms with Gasteiger partial charge in [0.15, 0.2) is 6.10 Å². The van der Waals surface area contributed by atoms with Crippen LogP contribution in [0.4, 0.5) is 15.3 Å². The monoisotopic (exact) mass is 973 g/mol. The first-order chi connectivity index (χ1) is 23.4. The van der Waals surface area contributed by atoms with Crippen LogP contribution in [0, 0.1) is 38.6 Å². The van der Waals surface area contributed by atoms with Gasteiger partial charge in [-0.15, -0.1) is 0 Å². The molecule has 2 aromatic rings. The van der Waals surface area contributed by atoms with Crippen LogP contribution >= 0.6 is 22.6 Å². The van der Waals surface area contributed by atoms with Gasteiger partial charge in [0.2, 0.25) is 6.29 Å². The molecule has 1 aliphatic rings. The third-order valence-corrected chi connectivity index (χ3v) is 7.33. The van der Waals surface area contributed by atoms with E-state index in [1.165, 1.54) is 53.3 Å². The Hall–Kier alpha value is -2.75. The fourth-order valence-corrected chi connectivity index (χ4v) is 4.68. The second-order valence-electron chi connectivity index (χ2n) is 12.8. The second kappa shape index (κ2) is 20.5. The molecule has 0 saturated carbocycles. The van der Waals surface area contributed by atoms with Crippen molar-refractivity contribution in [1.82, 2.24) is 5.32 Å². The molecule has 1 aliphatic heterocycles. The Balaban J connectivity index is 0.00000901. The van der Waals surface area contributed by atoms with Gasteiger partial charge >= 0.3 is 16.0 Å². The van der Waals surface area contributed by atoms with Crippen molar-refractivity contribution in [3.05, 3.63) is 58.7 Å². The fraction of sp³-hybridized carbons (Fsp3) is 0.485. The number of anilines is 1. The number of aliphatic carboxylic acids is 1. The van der Waals surface area contributed by atoms with Gasteiger partial charge < -0.3 is 54.5 Å². The number of hydrogen-bond acceptors (Lipinski definition) is 13. The molecule has 2 aromatic carbocycles. The van der Waals surface area contributed by atoms with Gasteiger partial charge in [0, 0.05) is 69.1 Å². The van der Waals surface area contributed by atoms with E-state index in [0.717, 1.165) is 0 Å². The fourth-order valence-electron chi connectivity index (χ4n) is 4.52. The minimum Gasteiger partial charge on any atom is -0.650 e. The van der Waals surface area contributed by atoms with Crippen LogP contribution < -0.4 is 21.1 Å². The summed E-state index contributed by atoms with van der Waals surface area (Å²) in [5.41, 5.74) is 6.27. The molecule has 0 aliphatic carbocycles. The summed E-state index contributed by atoms with van der Waals surface area (Å²) < 4.78 is 31.8. The SMILES string of the molecule is CC(C)(N)COC(C)(C)CNC(=O)c1cc(COC(=O)Nc2ccc(CO[C-]=O)cc2COC(=O)I)ccc1OC1CC(O)CC(C(=O)O)O1.[Tb]. The van der Waals surface area contributed by atoms with E-state index in [1.807, 2.05) is 13.8 Å². The van der Waals surface area contributed by atoms with Crippen molar-refractivity contribution in [1.29, 1.82) is 0 Å². The van der Waals surface area contributed by atoms with Gasteiger partial charge in [0.25, 0.3) is 5.91 Å². The number of aliphatic hydroxyl groups excluding tert-OH is 1. The maximum absolute atomic E-state index is 13.5. The minimum atomic E-state index is -1.30. The zero-order valence-electron chi connectivity index (χ0n) is 28.3. The van der Waals surface area contributed by atoms with Crippen LogP contribution in [-0.4, -0.2) is 81.4 Å². The molecular weight excluding hydrogens is 932 g/mol. The van der Waals surface area contributed by atoms with Crippen molar-refractivity contribution in [3.63, 3.8) is 0 Å². The Kier molecular flexibility index (Phi) is 17.8. The maximum Gasteiger partial charge on any atom is 0.411 e. The van der Waals surface area contributed by atoms with Crippen LogP contribution in [0.5, 0.6) is 5.75 Å². The largest absolute Gasteiger partial charge is 0.650 e. The first-order valence-electron chi connectivity index (χ1n) is 15.4. The predicted molar refractivity (Wildman–Crippen MR) is 184 cm³/mol. The Bertz CT molecular complexity index is 1540. The molecule has 3 unspecified atom stereocenters. The molecule has 283 valence electrons. The number of benzene rings is 2. The maximum atomic E-state index is 13.5. The summed E-state index contributed by atoms with van der Waals surface area (Å²) >= 11 is 1.46. The molecule has 3 atom stereocenters. The number of halogens is 1. The van der Waals surface area contributed by atoms with Crippen molar-refractivity contribution in [2.24, 2.45) is 5.73 Å². The van der Waals surface area contributed by atoms with E-state index in [0.29, 0.717) is 16.7 Å². The third-order valence-electron chi connectivity index (χ3n) is 7.01. The van der Waals surface area contributed by atoms with Crippen molar-refractivity contribution in [2.75, 3.05) is 18.5 Å². The van der Waals surface area contributed by atoms with Crippen molar-refractivity contribution >= 4 is 56.7 Å². The number of nitrogens with two attached hydrogens (primary N) is 1. The van der Waals surface area contributed by atoms with E-state index in [1.54, 1.807) is 26.0 Å². The summed E-state index contributed by atoms with van der Waals surface area (Å²) in [5.74, 6) is -1.80. The predicted octanol–water partition coefficient (Wildman–Crippen LogP) is 3.68. The molecular formula is C33H41IN3O13Tb-. The van der Waals surface area contributed by atoms with E-state index in [2.05, 4.69) is 15.4 Å². The number of rotatable bonds is 17. The van der Waals surface area contributed by atoms with E-state index in [4.69, 9.17) is 29.4 Å². The van der Waals surface area contributed by atoms with Crippen LogP contribution in [0.15, 0.2) is 36.4 Å². The second-order valence-corrected chi connectivity index (χ2v) is 13.7. The number of hydrogen-bond donors (Lipinski definition) is 5. The number of aliphatic hydroxyl groups is 1. The molecule has 2 amide bonds. The van der Waals surface area contributed by atoms with Gasteiger partial charge in [-0.25, -0.2) is 14.4 Å². The molecule has 1 fully saturated rings. The molecule has 1 heterocycles. The molecule has 1 saturated heterocycles. The third kappa shape index (κ3) is 15.8. The summed E-state index contributed by atoms with van der Waals surface area (Å²) in [6, 6.07) is 9.10. The Morgan fingerprint density at radius 2 is 1.71 bits per heavy atom. The number of ether oxygens (including phenoxy) is 6. The summed E-state index contributed by atoms with van der Waals surface area (Å²) in [7, 11) is 0. The normalized spacial score (nSPS) is 17.3. The average molecular weight is 974 g/mol. The first kappa shape index (κ1) is 44.4. The summed E-state index contributed by atoms with van der Waals surface area (Å²) in [5, 5.41) is 25.0. The van der Waals surface area contributed by atoms with Gasteiger partial charge in [-0.1, -0.05) is 18.6 Å². The van der Waals surface area contributed by atoms with Crippen molar-refractivity contribution < 1.29 is 101 Å². The molecule has 16 nitrogen and oxygen atoms in total. The molecule has 0 bridgehead atoms. The molecule has 51 heavy (non-hydrogen) atoms. The van der Waals surface area contributed by atoms with E-state index in [-0.39, 0.29) is 101 Å². The number of carbonyl (C=O) groups excluding carboxylic acids is 4. The average Bonchev–Trinajstić information content (AvgIpc) is 3.04. The summed E-state index contributed by atoms with van der Waals surface area (Å²) in [4.78, 5) is 59.7. The van der Waals surface area contributed by atoms with Crippen LogP contribution in [-0.2, 0) is 53.1 Å². The summed E-state index contributed by atoms with van der Waals surface area (Å²) in [6.45, 7) is 8.26. The van der Waals surface area contributed by atoms with E-state index < -0.39 is 51.6 Å². The Morgan fingerprint density at radius 1 is 1.02 bits per heavy atom. The van der Waals surface area contributed by atoms with Crippen LogP contribution in [0.1, 0.15) is 67.6 Å². The van der Waals surface area contributed by atoms with E-state index in [9.17, 15) is 34.2 Å². The zero-order chi connectivity index (χ0) is 37.1. The molecule has 0 aromatic heterocycles. The van der Waals surface area contributed by atoms with Crippen molar-refractivity contribution in [3.8, 4) is 5.75 Å². The summed E-state index contributed by atoms with van der Waals surface area (Å²) in [6.07, 6.45) is -4.48. The van der Waals surface area contributed by atoms with Crippen molar-refractivity contribution in [2.45, 2.75) is 90.0 Å². The molecule has 6 N–H and O–H groups in total. The molecule has 0 spiro atoms. The Labute approximate surface area is 339 Å². The number of amides is 2. The van der Waals surface area contributed by atoms with Gasteiger partial charge in [0.05, 0.1) is 58.8 Å². The van der Waals surface area contributed by atoms with Crippen LogP contribution in [0.25, 0.3) is 0 Å². The van der Waals surface area contributed by atoms with Gasteiger partial charge in [-0.05, 0) is 63.1 Å². The van der Waals surface area contributed by atoms with Gasteiger partial charge in [-0.2, -0.15) is 0 Å². The van der Waals surface area contributed by atoms with Crippen LogP contribution in [0.3, 0.4) is 0 Å². The number of carboxylic acid groups (broad SMARTS) is 1. The zero-order valence-corrected chi connectivity index (χ0v) is 32.6. The molecule has 1 radical (unpaired) electrons. The first-order valence-corrected chi connectivity index (χ1v) is 16.5. The number of carbonyl (C=O) groups is 4. The van der Waals surface area contributed by atoms with E-state index >= 15 is 0 Å². The number of carboxylic acids is 1. The minimum absolute atomic E-state index is 0. The standard InChI is InChI=1S/C33H41IN3O13.Tb/c1-32(2,35)17-48-33(3,4)16-36-28(40)23-10-20(6-8-25(23)49-27-12-22(39)11-26(50-27)29(41)42)14-47-31(44)37-24-7-5-19(13-45-18-38)9-21(24)15-46-30(34)43;/h5-10,22,26-27,39H,11-17,35H2,1-4H3,(H,36,40)(H,37,44)(H,41,42);/q-1;. The van der Waals surface area contributed by atoms with Crippen LogP contribution in [0.2, 0.25) is 0 Å². The topological polar surface area (TPSA) is 231 Å². The quantitative estimate of drug-likeness (QED) is 0.0660.